The average molecular weight is 349 g/mol. The molecule has 1 saturated heterocycles. The molecule has 26 heavy (non-hydrogen) atoms. The standard InChI is InChI=1S/C19H15N3O4/c23-16-10-4-6-12-15-13(7-5-11(14(10)15)17(24)20-16)19(26)22(18(12)25)21-8-2-1-3-9-21/h4-7H,1-3,8-9H2,(H,20,23,24). The van der Waals surface area contributed by atoms with Gasteiger partial charge in [0.05, 0.1) is 11.1 Å². The molecule has 0 aromatic heterocycles. The molecule has 5 rings (SSSR count). The van der Waals surface area contributed by atoms with Gasteiger partial charge in [-0.25, -0.2) is 10.0 Å². The molecule has 2 aromatic rings. The average Bonchev–Trinajstić information content (AvgIpc) is 2.65. The summed E-state index contributed by atoms with van der Waals surface area (Å²) in [6.07, 6.45) is 2.96. The number of carbonyl (C=O) groups excluding carboxylic acids is 4. The molecular formula is C19H15N3O4. The minimum absolute atomic E-state index is 0.312. The zero-order valence-corrected chi connectivity index (χ0v) is 13.9. The van der Waals surface area contributed by atoms with Crippen LogP contribution >= 0.6 is 0 Å². The number of hydrogen-bond donors (Lipinski definition) is 1. The van der Waals surface area contributed by atoms with E-state index in [0.29, 0.717) is 46.1 Å². The fourth-order valence-electron chi connectivity index (χ4n) is 4.12. The highest BCUT2D eigenvalue weighted by Gasteiger charge is 2.39. The van der Waals surface area contributed by atoms with Gasteiger partial charge in [0.25, 0.3) is 23.6 Å². The summed E-state index contributed by atoms with van der Waals surface area (Å²) in [5.74, 6) is -1.81. The second kappa shape index (κ2) is 5.22. The predicted molar refractivity (Wildman–Crippen MR) is 91.7 cm³/mol. The molecular weight excluding hydrogens is 334 g/mol. The van der Waals surface area contributed by atoms with Crippen LogP contribution < -0.4 is 5.32 Å². The summed E-state index contributed by atoms with van der Waals surface area (Å²) in [5, 5.41) is 6.12. The van der Waals surface area contributed by atoms with Crippen LogP contribution in [0.3, 0.4) is 0 Å². The van der Waals surface area contributed by atoms with Gasteiger partial charge in [-0.15, -0.1) is 0 Å². The minimum atomic E-state index is -0.510. The van der Waals surface area contributed by atoms with E-state index in [1.807, 2.05) is 0 Å². The molecule has 0 spiro atoms. The van der Waals surface area contributed by atoms with Gasteiger partial charge in [0, 0.05) is 35.0 Å². The maximum atomic E-state index is 13.1. The summed E-state index contributed by atoms with van der Waals surface area (Å²) in [6.45, 7) is 1.32. The van der Waals surface area contributed by atoms with Crippen LogP contribution in [0.15, 0.2) is 24.3 Å². The lowest BCUT2D eigenvalue weighted by atomic mass is 9.87. The molecule has 2 aromatic carbocycles. The lowest BCUT2D eigenvalue weighted by molar-refractivity contribution is -0.0115. The number of amides is 4. The normalized spacial score (nSPS) is 19.9. The first-order chi connectivity index (χ1) is 12.6. The molecule has 0 aliphatic carbocycles. The van der Waals surface area contributed by atoms with E-state index in [9.17, 15) is 19.2 Å². The quantitative estimate of drug-likeness (QED) is 0.792. The topological polar surface area (TPSA) is 86.8 Å². The van der Waals surface area contributed by atoms with E-state index in [1.54, 1.807) is 29.3 Å². The van der Waals surface area contributed by atoms with Gasteiger partial charge >= 0.3 is 0 Å². The largest absolute Gasteiger partial charge is 0.288 e. The van der Waals surface area contributed by atoms with Crippen molar-refractivity contribution >= 4 is 34.4 Å². The third kappa shape index (κ3) is 1.86. The molecule has 7 nitrogen and oxygen atoms in total. The summed E-state index contributed by atoms with van der Waals surface area (Å²) >= 11 is 0. The van der Waals surface area contributed by atoms with Gasteiger partial charge in [0.15, 0.2) is 0 Å². The van der Waals surface area contributed by atoms with Crippen LogP contribution in [0.25, 0.3) is 10.8 Å². The number of benzene rings is 2. The Balaban J connectivity index is 1.77. The monoisotopic (exact) mass is 349 g/mol. The Labute approximate surface area is 148 Å². The lowest BCUT2D eigenvalue weighted by Crippen LogP contribution is -2.53. The van der Waals surface area contributed by atoms with Crippen LogP contribution in [0.5, 0.6) is 0 Å². The van der Waals surface area contributed by atoms with Gasteiger partial charge in [-0.1, -0.05) is 6.42 Å². The van der Waals surface area contributed by atoms with E-state index in [0.717, 1.165) is 19.3 Å². The van der Waals surface area contributed by atoms with Gasteiger partial charge in [0.2, 0.25) is 0 Å². The molecule has 3 aliphatic heterocycles. The molecule has 4 amide bonds. The Morgan fingerprint density at radius 3 is 1.65 bits per heavy atom. The van der Waals surface area contributed by atoms with Crippen molar-refractivity contribution in [2.24, 2.45) is 0 Å². The van der Waals surface area contributed by atoms with Crippen molar-refractivity contribution < 1.29 is 19.2 Å². The third-order valence-corrected chi connectivity index (χ3v) is 5.34. The number of hydrogen-bond acceptors (Lipinski definition) is 5. The Bertz CT molecular complexity index is 968. The van der Waals surface area contributed by atoms with E-state index >= 15 is 0 Å². The van der Waals surface area contributed by atoms with E-state index in [4.69, 9.17) is 0 Å². The number of imide groups is 2. The summed E-state index contributed by atoms with van der Waals surface area (Å²) in [5.41, 5.74) is 1.33. The first-order valence-corrected chi connectivity index (χ1v) is 8.67. The SMILES string of the molecule is O=C1NC(=O)c2ccc3c4c(ccc1c24)C(=O)N(N1CCCCC1)C3=O. The fraction of sp³-hybridized carbons (Fsp3) is 0.263. The first kappa shape index (κ1) is 15.2. The molecule has 3 heterocycles. The molecule has 130 valence electrons. The second-order valence-electron chi connectivity index (χ2n) is 6.79. The van der Waals surface area contributed by atoms with Crippen molar-refractivity contribution in [3.63, 3.8) is 0 Å². The minimum Gasteiger partial charge on any atom is -0.288 e. The number of piperidine rings is 1. The van der Waals surface area contributed by atoms with E-state index in [1.165, 1.54) is 5.01 Å². The van der Waals surface area contributed by atoms with Crippen molar-refractivity contribution in [2.45, 2.75) is 19.3 Å². The molecule has 1 N–H and O–H groups in total. The highest BCUT2D eigenvalue weighted by Crippen LogP contribution is 2.36. The molecule has 0 atom stereocenters. The molecule has 0 bridgehead atoms. The van der Waals surface area contributed by atoms with Gasteiger partial charge in [-0.3, -0.25) is 24.5 Å². The van der Waals surface area contributed by atoms with Crippen LogP contribution in [0.4, 0.5) is 0 Å². The van der Waals surface area contributed by atoms with Crippen molar-refractivity contribution in [3.8, 4) is 0 Å². The highest BCUT2D eigenvalue weighted by molar-refractivity contribution is 6.33. The molecule has 0 unspecified atom stereocenters. The number of nitrogens with zero attached hydrogens (tertiary/aromatic N) is 2. The summed E-state index contributed by atoms with van der Waals surface area (Å²) in [6, 6.07) is 6.25. The maximum absolute atomic E-state index is 13.1. The maximum Gasteiger partial charge on any atom is 0.276 e. The number of hydrazine groups is 1. The Hall–Kier alpha value is -3.06. The summed E-state index contributed by atoms with van der Waals surface area (Å²) < 4.78 is 0. The molecule has 1 fully saturated rings. The van der Waals surface area contributed by atoms with Crippen LogP contribution in [0.1, 0.15) is 60.7 Å². The van der Waals surface area contributed by atoms with E-state index in [-0.39, 0.29) is 0 Å². The van der Waals surface area contributed by atoms with E-state index < -0.39 is 23.6 Å². The van der Waals surface area contributed by atoms with Gasteiger partial charge < -0.3 is 0 Å². The zero-order chi connectivity index (χ0) is 18.0. The molecule has 0 radical (unpaired) electrons. The summed E-state index contributed by atoms with van der Waals surface area (Å²) in [7, 11) is 0. The lowest BCUT2D eigenvalue weighted by Gasteiger charge is -2.38. The second-order valence-corrected chi connectivity index (χ2v) is 6.79. The number of nitrogens with one attached hydrogen (secondary N) is 1. The highest BCUT2D eigenvalue weighted by atomic mass is 16.2. The number of rotatable bonds is 1. The van der Waals surface area contributed by atoms with E-state index in [2.05, 4.69) is 5.32 Å². The summed E-state index contributed by atoms with van der Waals surface area (Å²) in [4.78, 5) is 50.5. The van der Waals surface area contributed by atoms with Crippen LogP contribution in [0.2, 0.25) is 0 Å². The number of carbonyl (C=O) groups is 4. The van der Waals surface area contributed by atoms with Crippen LogP contribution in [-0.2, 0) is 0 Å². The van der Waals surface area contributed by atoms with Gasteiger partial charge in [-0.2, -0.15) is 0 Å². The van der Waals surface area contributed by atoms with Crippen molar-refractivity contribution in [1.82, 2.24) is 15.3 Å². The molecule has 3 aliphatic rings. The van der Waals surface area contributed by atoms with Gasteiger partial charge in [-0.05, 0) is 37.1 Å². The Morgan fingerprint density at radius 1 is 0.654 bits per heavy atom. The fourth-order valence-corrected chi connectivity index (χ4v) is 4.12. The Kier molecular flexibility index (Phi) is 3.05. The molecule has 0 saturated carbocycles. The smallest absolute Gasteiger partial charge is 0.276 e. The van der Waals surface area contributed by atoms with Crippen molar-refractivity contribution in [3.05, 3.63) is 46.5 Å². The zero-order valence-electron chi connectivity index (χ0n) is 13.9. The van der Waals surface area contributed by atoms with Gasteiger partial charge in [0.1, 0.15) is 0 Å². The molecule has 7 heteroatoms. The predicted octanol–water partition coefficient (Wildman–Crippen LogP) is 1.72. The van der Waals surface area contributed by atoms with Crippen molar-refractivity contribution in [2.75, 3.05) is 13.1 Å². The van der Waals surface area contributed by atoms with Crippen LogP contribution in [-0.4, -0.2) is 46.7 Å². The third-order valence-electron chi connectivity index (χ3n) is 5.34. The van der Waals surface area contributed by atoms with Crippen molar-refractivity contribution in [1.29, 1.82) is 0 Å². The Morgan fingerprint density at radius 2 is 1.12 bits per heavy atom. The van der Waals surface area contributed by atoms with Crippen LogP contribution in [0, 0.1) is 0 Å². The first-order valence-electron chi connectivity index (χ1n) is 8.67.